The highest BCUT2D eigenvalue weighted by molar-refractivity contribution is 7.92. The monoisotopic (exact) mass is 591 g/mol. The fourth-order valence-corrected chi connectivity index (χ4v) is 5.58. The lowest BCUT2D eigenvalue weighted by atomic mass is 10.00. The minimum absolute atomic E-state index is 0.140. The second-order valence-corrected chi connectivity index (χ2v) is 11.2. The molecule has 0 aliphatic carbocycles. The lowest BCUT2D eigenvalue weighted by Gasteiger charge is -2.15. The van der Waals surface area contributed by atoms with Gasteiger partial charge in [0.2, 0.25) is 0 Å². The lowest BCUT2D eigenvalue weighted by molar-refractivity contribution is -0.139. The Morgan fingerprint density at radius 2 is 1.73 bits per heavy atom. The summed E-state index contributed by atoms with van der Waals surface area (Å²) in [7, 11) is 0.844. The maximum Gasteiger partial charge on any atom is 0.417 e. The molecule has 7 nitrogen and oxygen atoms in total. The van der Waals surface area contributed by atoms with Crippen LogP contribution in [-0.4, -0.2) is 52.7 Å². The molecule has 0 saturated carbocycles. The van der Waals surface area contributed by atoms with Crippen molar-refractivity contribution in [2.45, 2.75) is 23.9 Å². The van der Waals surface area contributed by atoms with Gasteiger partial charge in [-0.05, 0) is 68.0 Å². The maximum atomic E-state index is 15.1. The van der Waals surface area contributed by atoms with Crippen LogP contribution in [0.25, 0.3) is 10.9 Å². The number of fused-ring (bicyclic) bond motifs is 1. The zero-order valence-corrected chi connectivity index (χ0v) is 23.4. The number of aromatic nitrogens is 1. The van der Waals surface area contributed by atoms with Crippen LogP contribution in [0.3, 0.4) is 0 Å². The summed E-state index contributed by atoms with van der Waals surface area (Å²) in [6, 6.07) is 12.7. The Morgan fingerprint density at radius 3 is 2.41 bits per heavy atom. The van der Waals surface area contributed by atoms with Crippen LogP contribution in [0.4, 0.5) is 23.2 Å². The first-order chi connectivity index (χ1) is 19.4. The lowest BCUT2D eigenvalue weighted by Crippen LogP contribution is -2.19. The predicted molar refractivity (Wildman–Crippen MR) is 148 cm³/mol. The van der Waals surface area contributed by atoms with Gasteiger partial charge in [0.1, 0.15) is 5.82 Å². The highest BCUT2D eigenvalue weighted by atomic mass is 32.2. The normalized spacial score (nSPS) is 12.1. The van der Waals surface area contributed by atoms with Crippen molar-refractivity contribution in [1.29, 1.82) is 0 Å². The summed E-state index contributed by atoms with van der Waals surface area (Å²) in [5.41, 5.74) is 0.0872. The summed E-state index contributed by atoms with van der Waals surface area (Å²) in [6.45, 7) is 1.35. The van der Waals surface area contributed by atoms with Crippen molar-refractivity contribution in [3.05, 3.63) is 89.4 Å². The molecule has 0 atom stereocenters. The molecule has 1 heterocycles. The summed E-state index contributed by atoms with van der Waals surface area (Å²) in [4.78, 5) is 5.52. The number of hydrogen-bond donors (Lipinski definition) is 1. The van der Waals surface area contributed by atoms with E-state index in [-0.39, 0.29) is 17.7 Å². The molecule has 0 radical (unpaired) electrons. The van der Waals surface area contributed by atoms with E-state index in [2.05, 4.69) is 9.88 Å². The smallest absolute Gasteiger partial charge is 0.417 e. The number of anilines is 1. The Morgan fingerprint density at radius 1 is 0.976 bits per heavy atom. The molecule has 12 heteroatoms. The zero-order chi connectivity index (χ0) is 29.8. The van der Waals surface area contributed by atoms with Gasteiger partial charge in [0.05, 0.1) is 35.4 Å². The average molecular weight is 592 g/mol. The van der Waals surface area contributed by atoms with E-state index in [1.807, 2.05) is 18.8 Å². The van der Waals surface area contributed by atoms with E-state index < -0.39 is 32.5 Å². The summed E-state index contributed by atoms with van der Waals surface area (Å²) >= 11 is 0. The van der Waals surface area contributed by atoms with Crippen molar-refractivity contribution in [3.63, 3.8) is 0 Å². The SMILES string of the molecule is COc1cc2c(Cc3ccc(NS(=O)(=O)c4ccccc4C(F)(F)F)cc3F)ccnc2cc1OCCCN(C)C. The molecule has 4 aromatic rings. The number of halogens is 4. The van der Waals surface area contributed by atoms with Gasteiger partial charge in [0.15, 0.2) is 11.5 Å². The van der Waals surface area contributed by atoms with Crippen molar-refractivity contribution in [2.24, 2.45) is 0 Å². The van der Waals surface area contributed by atoms with E-state index in [4.69, 9.17) is 9.47 Å². The highest BCUT2D eigenvalue weighted by Gasteiger charge is 2.37. The van der Waals surface area contributed by atoms with Crippen LogP contribution in [0.15, 0.2) is 71.8 Å². The van der Waals surface area contributed by atoms with E-state index in [1.54, 1.807) is 24.4 Å². The molecular weight excluding hydrogens is 562 g/mol. The van der Waals surface area contributed by atoms with Crippen LogP contribution in [0.2, 0.25) is 0 Å². The van der Waals surface area contributed by atoms with Gasteiger partial charge in [0.25, 0.3) is 10.0 Å². The van der Waals surface area contributed by atoms with Gasteiger partial charge in [-0.2, -0.15) is 13.2 Å². The third-order valence-corrected chi connectivity index (χ3v) is 7.73. The first kappa shape index (κ1) is 30.1. The summed E-state index contributed by atoms with van der Waals surface area (Å²) < 4.78 is 94.1. The van der Waals surface area contributed by atoms with E-state index in [0.29, 0.717) is 29.7 Å². The molecule has 1 N–H and O–H groups in total. The number of nitrogens with zero attached hydrogens (tertiary/aromatic N) is 2. The molecular formula is C29H29F4N3O4S. The largest absolute Gasteiger partial charge is 0.493 e. The van der Waals surface area contributed by atoms with Crippen molar-refractivity contribution < 1.29 is 35.5 Å². The second kappa shape index (κ2) is 12.3. The fraction of sp³-hybridized carbons (Fsp3) is 0.276. The van der Waals surface area contributed by atoms with Gasteiger partial charge in [0, 0.05) is 30.6 Å². The predicted octanol–water partition coefficient (Wildman–Crippen LogP) is 6.12. The van der Waals surface area contributed by atoms with Crippen LogP contribution in [0.5, 0.6) is 11.5 Å². The van der Waals surface area contributed by atoms with Crippen LogP contribution in [0.1, 0.15) is 23.1 Å². The molecule has 41 heavy (non-hydrogen) atoms. The molecule has 0 spiro atoms. The first-order valence-electron chi connectivity index (χ1n) is 12.6. The Kier molecular flexibility index (Phi) is 9.03. The van der Waals surface area contributed by atoms with E-state index in [1.165, 1.54) is 25.3 Å². The number of pyridine rings is 1. The number of alkyl halides is 3. The molecule has 0 aliphatic rings. The van der Waals surface area contributed by atoms with Gasteiger partial charge < -0.3 is 14.4 Å². The summed E-state index contributed by atoms with van der Waals surface area (Å²) in [6.07, 6.45) is -2.32. The Balaban J connectivity index is 1.57. The minimum Gasteiger partial charge on any atom is -0.493 e. The van der Waals surface area contributed by atoms with Crippen molar-refractivity contribution in [3.8, 4) is 11.5 Å². The van der Waals surface area contributed by atoms with E-state index in [0.717, 1.165) is 42.1 Å². The zero-order valence-electron chi connectivity index (χ0n) is 22.6. The van der Waals surface area contributed by atoms with Crippen LogP contribution >= 0.6 is 0 Å². The molecule has 0 unspecified atom stereocenters. The van der Waals surface area contributed by atoms with Crippen LogP contribution < -0.4 is 14.2 Å². The molecule has 0 amide bonds. The van der Waals surface area contributed by atoms with Crippen molar-refractivity contribution >= 4 is 26.6 Å². The first-order valence-corrected chi connectivity index (χ1v) is 14.1. The summed E-state index contributed by atoms with van der Waals surface area (Å²) in [5.74, 6) is 0.311. The van der Waals surface area contributed by atoms with Crippen LogP contribution in [-0.2, 0) is 22.6 Å². The molecule has 0 saturated heterocycles. The maximum absolute atomic E-state index is 15.1. The molecule has 3 aromatic carbocycles. The topological polar surface area (TPSA) is 80.8 Å². The van der Waals surface area contributed by atoms with Gasteiger partial charge in [-0.3, -0.25) is 9.71 Å². The molecule has 1 aromatic heterocycles. The second-order valence-electron chi connectivity index (χ2n) is 9.58. The summed E-state index contributed by atoms with van der Waals surface area (Å²) in [5, 5.41) is 0.720. The number of hydrogen-bond acceptors (Lipinski definition) is 6. The highest BCUT2D eigenvalue weighted by Crippen LogP contribution is 2.36. The Bertz CT molecular complexity index is 1640. The third-order valence-electron chi connectivity index (χ3n) is 6.29. The standard InChI is InChI=1S/C29H29F4N3O4S/c1-36(2)13-6-14-40-27-18-25-22(17-26(27)39-3)19(11-12-34-25)15-20-9-10-21(16-24(20)30)35-41(37,38)28-8-5-4-7-23(28)29(31,32)33/h4-5,7-12,16-18,35H,6,13-15H2,1-3H3. The molecule has 0 bridgehead atoms. The van der Waals surface area contributed by atoms with Crippen molar-refractivity contribution in [2.75, 3.05) is 39.1 Å². The Hall–Kier alpha value is -3.90. The quantitative estimate of drug-likeness (QED) is 0.167. The number of methoxy groups -OCH3 is 1. The fourth-order valence-electron chi connectivity index (χ4n) is 4.30. The van der Waals surface area contributed by atoms with Gasteiger partial charge in [-0.1, -0.05) is 18.2 Å². The van der Waals surface area contributed by atoms with Gasteiger partial charge in [-0.15, -0.1) is 0 Å². The molecule has 218 valence electrons. The average Bonchev–Trinajstić information content (AvgIpc) is 2.91. The molecule has 0 aliphatic heterocycles. The minimum atomic E-state index is -4.88. The van der Waals surface area contributed by atoms with Crippen molar-refractivity contribution in [1.82, 2.24) is 9.88 Å². The Labute approximate surface area is 235 Å². The van der Waals surface area contributed by atoms with E-state index in [9.17, 15) is 21.6 Å². The van der Waals surface area contributed by atoms with Gasteiger partial charge in [-0.25, -0.2) is 12.8 Å². The van der Waals surface area contributed by atoms with E-state index >= 15 is 4.39 Å². The van der Waals surface area contributed by atoms with Gasteiger partial charge >= 0.3 is 6.18 Å². The number of nitrogens with one attached hydrogen (secondary N) is 1. The number of rotatable bonds is 11. The number of ether oxygens (including phenoxy) is 2. The third kappa shape index (κ3) is 7.25. The molecule has 0 fully saturated rings. The van der Waals surface area contributed by atoms with Crippen LogP contribution in [0, 0.1) is 5.82 Å². The number of sulfonamides is 1. The number of benzene rings is 3. The molecule has 4 rings (SSSR count).